The maximum absolute atomic E-state index is 12.7. The van der Waals surface area contributed by atoms with E-state index in [9.17, 15) is 19.8 Å². The van der Waals surface area contributed by atoms with Crippen molar-refractivity contribution in [1.29, 1.82) is 0 Å². The molecule has 5 rings (SSSR count). The standard InChI is InChI=1S/C27H27N3O4/c31-16-23-24(6-3-7-25(23)32)28-17-10-12-30(13-11-17)15-26(33)29-18-8-9-21-22(14-18)19-4-1-2-5-20(19)27(21)34/h1-9,14,17,28,31-32H,10-13,15-16H2,(H,29,33). The number of rotatable bonds is 6. The summed E-state index contributed by atoms with van der Waals surface area (Å²) in [6, 6.07) is 18.4. The van der Waals surface area contributed by atoms with Gasteiger partial charge in [0.05, 0.1) is 13.2 Å². The number of aliphatic hydroxyl groups excluding tert-OH is 1. The molecule has 0 radical (unpaired) electrons. The van der Waals surface area contributed by atoms with Crippen LogP contribution < -0.4 is 10.6 Å². The predicted molar refractivity (Wildman–Crippen MR) is 131 cm³/mol. The first kappa shape index (κ1) is 22.1. The molecular weight excluding hydrogens is 430 g/mol. The first-order valence-electron chi connectivity index (χ1n) is 11.5. The summed E-state index contributed by atoms with van der Waals surface area (Å²) >= 11 is 0. The van der Waals surface area contributed by atoms with E-state index < -0.39 is 0 Å². The van der Waals surface area contributed by atoms with Crippen LogP contribution in [-0.2, 0) is 11.4 Å². The van der Waals surface area contributed by atoms with Gasteiger partial charge in [-0.25, -0.2) is 0 Å². The van der Waals surface area contributed by atoms with E-state index in [2.05, 4.69) is 15.5 Å². The Kier molecular flexibility index (Phi) is 6.04. The summed E-state index contributed by atoms with van der Waals surface area (Å²) in [6.07, 6.45) is 1.71. The molecule has 2 aliphatic rings. The molecule has 0 aromatic heterocycles. The lowest BCUT2D eigenvalue weighted by atomic mass is 10.0. The molecule has 1 heterocycles. The van der Waals surface area contributed by atoms with Crippen molar-refractivity contribution in [3.8, 4) is 16.9 Å². The zero-order valence-corrected chi connectivity index (χ0v) is 18.8. The van der Waals surface area contributed by atoms with Crippen molar-refractivity contribution in [3.05, 3.63) is 77.4 Å². The minimum atomic E-state index is -0.226. The van der Waals surface area contributed by atoms with Crippen LogP contribution >= 0.6 is 0 Å². The third-order valence-corrected chi connectivity index (χ3v) is 6.63. The number of amides is 1. The molecule has 4 N–H and O–H groups in total. The van der Waals surface area contributed by atoms with Gasteiger partial charge in [-0.15, -0.1) is 0 Å². The topological polar surface area (TPSA) is 102 Å². The molecule has 174 valence electrons. The van der Waals surface area contributed by atoms with Gasteiger partial charge in [0.1, 0.15) is 5.75 Å². The van der Waals surface area contributed by atoms with Gasteiger partial charge in [0.25, 0.3) is 0 Å². The molecule has 0 saturated carbocycles. The Morgan fingerprint density at radius 2 is 1.68 bits per heavy atom. The molecule has 1 aliphatic heterocycles. The van der Waals surface area contributed by atoms with Crippen molar-refractivity contribution in [2.75, 3.05) is 30.3 Å². The summed E-state index contributed by atoms with van der Waals surface area (Å²) in [6.45, 7) is 1.61. The second-order valence-corrected chi connectivity index (χ2v) is 8.84. The van der Waals surface area contributed by atoms with Gasteiger partial charge in [0.2, 0.25) is 5.91 Å². The number of hydrogen-bond donors (Lipinski definition) is 4. The highest BCUT2D eigenvalue weighted by molar-refractivity contribution is 6.22. The van der Waals surface area contributed by atoms with Gasteiger partial charge >= 0.3 is 0 Å². The molecule has 0 bridgehead atoms. The van der Waals surface area contributed by atoms with E-state index in [1.807, 2.05) is 36.4 Å². The van der Waals surface area contributed by atoms with Crippen molar-refractivity contribution in [1.82, 2.24) is 4.90 Å². The molecule has 1 fully saturated rings. The van der Waals surface area contributed by atoms with Gasteiger partial charge in [0, 0.05) is 47.2 Å². The van der Waals surface area contributed by atoms with Gasteiger partial charge in [-0.05, 0) is 54.3 Å². The Morgan fingerprint density at radius 3 is 2.44 bits per heavy atom. The van der Waals surface area contributed by atoms with Crippen molar-refractivity contribution in [2.45, 2.75) is 25.5 Å². The number of piperidine rings is 1. The second-order valence-electron chi connectivity index (χ2n) is 8.84. The Bertz CT molecular complexity index is 1250. The van der Waals surface area contributed by atoms with E-state index in [1.54, 1.807) is 24.3 Å². The number of hydrogen-bond acceptors (Lipinski definition) is 6. The van der Waals surface area contributed by atoms with Crippen LogP contribution in [0.1, 0.15) is 34.3 Å². The fraction of sp³-hybridized carbons (Fsp3) is 0.259. The molecule has 3 aromatic rings. The largest absolute Gasteiger partial charge is 0.508 e. The van der Waals surface area contributed by atoms with Gasteiger partial charge < -0.3 is 20.8 Å². The van der Waals surface area contributed by atoms with Crippen molar-refractivity contribution >= 4 is 23.1 Å². The molecule has 7 heteroatoms. The third-order valence-electron chi connectivity index (χ3n) is 6.63. The van der Waals surface area contributed by atoms with Crippen LogP contribution in [0.3, 0.4) is 0 Å². The highest BCUT2D eigenvalue weighted by Gasteiger charge is 2.27. The molecule has 0 atom stereocenters. The number of likely N-dealkylation sites (tertiary alicyclic amines) is 1. The number of aromatic hydroxyl groups is 1. The number of nitrogens with one attached hydrogen (secondary N) is 2. The second kappa shape index (κ2) is 9.29. The van der Waals surface area contributed by atoms with Crippen LogP contribution in [0.4, 0.5) is 11.4 Å². The average molecular weight is 458 g/mol. The molecule has 1 aliphatic carbocycles. The first-order chi connectivity index (χ1) is 16.5. The summed E-state index contributed by atoms with van der Waals surface area (Å²) in [7, 11) is 0. The number of benzene rings is 3. The lowest BCUT2D eigenvalue weighted by molar-refractivity contribution is -0.117. The van der Waals surface area contributed by atoms with Crippen molar-refractivity contribution in [2.24, 2.45) is 0 Å². The van der Waals surface area contributed by atoms with Gasteiger partial charge in [0.15, 0.2) is 5.78 Å². The zero-order valence-electron chi connectivity index (χ0n) is 18.8. The Balaban J connectivity index is 1.16. The molecule has 7 nitrogen and oxygen atoms in total. The average Bonchev–Trinajstić information content (AvgIpc) is 3.12. The number of carbonyl (C=O) groups excluding carboxylic acids is 2. The van der Waals surface area contributed by atoms with Crippen LogP contribution in [0.25, 0.3) is 11.1 Å². The lowest BCUT2D eigenvalue weighted by Crippen LogP contribution is -2.42. The smallest absolute Gasteiger partial charge is 0.238 e. The number of carbonyl (C=O) groups is 2. The summed E-state index contributed by atoms with van der Waals surface area (Å²) in [5.74, 6) is 0.0253. The predicted octanol–water partition coefficient (Wildman–Crippen LogP) is 3.61. The van der Waals surface area contributed by atoms with Crippen molar-refractivity contribution < 1.29 is 19.8 Å². The van der Waals surface area contributed by atoms with Crippen LogP contribution in [-0.4, -0.2) is 52.5 Å². The van der Waals surface area contributed by atoms with E-state index in [0.717, 1.165) is 42.7 Å². The summed E-state index contributed by atoms with van der Waals surface area (Å²) in [4.78, 5) is 27.4. The monoisotopic (exact) mass is 457 g/mol. The lowest BCUT2D eigenvalue weighted by Gasteiger charge is -2.32. The fourth-order valence-corrected chi connectivity index (χ4v) is 4.84. The van der Waals surface area contributed by atoms with Crippen molar-refractivity contribution in [3.63, 3.8) is 0 Å². The highest BCUT2D eigenvalue weighted by Crippen LogP contribution is 2.37. The quantitative estimate of drug-likeness (QED) is 0.353. The minimum absolute atomic E-state index is 0.0248. The zero-order chi connectivity index (χ0) is 23.7. The third kappa shape index (κ3) is 4.27. The number of anilines is 2. The van der Waals surface area contributed by atoms with Crippen LogP contribution in [0.2, 0.25) is 0 Å². The van der Waals surface area contributed by atoms with Crippen LogP contribution in [0, 0.1) is 0 Å². The molecule has 0 unspecified atom stereocenters. The van der Waals surface area contributed by atoms with Crippen LogP contribution in [0.5, 0.6) is 5.75 Å². The number of fused-ring (bicyclic) bond motifs is 3. The molecular formula is C27H27N3O4. The van der Waals surface area contributed by atoms with Gasteiger partial charge in [-0.3, -0.25) is 14.5 Å². The fourth-order valence-electron chi connectivity index (χ4n) is 4.84. The Morgan fingerprint density at radius 1 is 0.941 bits per heavy atom. The van der Waals surface area contributed by atoms with E-state index in [0.29, 0.717) is 28.9 Å². The van der Waals surface area contributed by atoms with E-state index in [1.165, 1.54) is 0 Å². The summed E-state index contributed by atoms with van der Waals surface area (Å²) in [5.41, 5.74) is 5.08. The molecule has 1 saturated heterocycles. The van der Waals surface area contributed by atoms with E-state index in [4.69, 9.17) is 0 Å². The molecule has 1 amide bonds. The summed E-state index contributed by atoms with van der Waals surface area (Å²) in [5, 5.41) is 25.9. The first-order valence-corrected chi connectivity index (χ1v) is 11.5. The number of phenols is 1. The maximum Gasteiger partial charge on any atom is 0.238 e. The minimum Gasteiger partial charge on any atom is -0.508 e. The highest BCUT2D eigenvalue weighted by atomic mass is 16.3. The van der Waals surface area contributed by atoms with E-state index in [-0.39, 0.29) is 30.1 Å². The van der Waals surface area contributed by atoms with Gasteiger partial charge in [-0.2, -0.15) is 0 Å². The normalized spacial score (nSPS) is 15.6. The van der Waals surface area contributed by atoms with E-state index >= 15 is 0 Å². The van der Waals surface area contributed by atoms with Gasteiger partial charge in [-0.1, -0.05) is 30.3 Å². The number of aliphatic hydroxyl groups is 1. The maximum atomic E-state index is 12.7. The number of nitrogens with zero attached hydrogens (tertiary/aromatic N) is 1. The molecule has 3 aromatic carbocycles. The SMILES string of the molecule is O=C(CN1CCC(Nc2cccc(O)c2CO)CC1)Nc1ccc2c(c1)-c1ccccc1C2=O. The molecule has 0 spiro atoms. The summed E-state index contributed by atoms with van der Waals surface area (Å²) < 4.78 is 0. The Labute approximate surface area is 198 Å². The molecule has 34 heavy (non-hydrogen) atoms. The van der Waals surface area contributed by atoms with Crippen LogP contribution in [0.15, 0.2) is 60.7 Å². The number of ketones is 1. The Hall–Kier alpha value is -3.68.